The first-order valence-corrected chi connectivity index (χ1v) is 9.41. The summed E-state index contributed by atoms with van der Waals surface area (Å²) in [7, 11) is 0. The van der Waals surface area contributed by atoms with Crippen molar-refractivity contribution in [3.05, 3.63) is 77.1 Å². The van der Waals surface area contributed by atoms with Gasteiger partial charge in [-0.15, -0.1) is 0 Å². The van der Waals surface area contributed by atoms with Crippen molar-refractivity contribution >= 4 is 10.8 Å². The SMILES string of the molecule is Fc1ccc(CC2CC(NCc3c(F)ccc4cnccc34)C2)cc1C(F)(F)F. The first kappa shape index (κ1) is 19.8. The van der Waals surface area contributed by atoms with Gasteiger partial charge >= 0.3 is 6.18 Å². The number of hydrogen-bond donors (Lipinski definition) is 1. The first-order chi connectivity index (χ1) is 13.8. The molecule has 1 aliphatic carbocycles. The van der Waals surface area contributed by atoms with Gasteiger partial charge in [-0.2, -0.15) is 13.2 Å². The van der Waals surface area contributed by atoms with Crippen LogP contribution < -0.4 is 5.32 Å². The largest absolute Gasteiger partial charge is 0.419 e. The van der Waals surface area contributed by atoms with Crippen molar-refractivity contribution in [2.45, 2.75) is 38.0 Å². The molecule has 0 atom stereocenters. The fraction of sp³-hybridized carbons (Fsp3) is 0.318. The number of fused-ring (bicyclic) bond motifs is 1. The van der Waals surface area contributed by atoms with Gasteiger partial charge in [-0.25, -0.2) is 8.78 Å². The van der Waals surface area contributed by atoms with E-state index in [1.165, 1.54) is 12.1 Å². The molecule has 4 rings (SSSR count). The molecule has 3 aromatic rings. The number of hydrogen-bond acceptors (Lipinski definition) is 2. The highest BCUT2D eigenvalue weighted by Crippen LogP contribution is 2.35. The molecule has 1 fully saturated rings. The van der Waals surface area contributed by atoms with E-state index in [4.69, 9.17) is 0 Å². The second kappa shape index (κ2) is 7.71. The number of nitrogens with one attached hydrogen (secondary N) is 1. The van der Waals surface area contributed by atoms with Crippen LogP contribution >= 0.6 is 0 Å². The summed E-state index contributed by atoms with van der Waals surface area (Å²) in [5.74, 6) is -1.31. The van der Waals surface area contributed by atoms with E-state index in [1.807, 2.05) is 0 Å². The fourth-order valence-electron chi connectivity index (χ4n) is 3.95. The van der Waals surface area contributed by atoms with Crippen LogP contribution in [0.3, 0.4) is 0 Å². The normalized spacial score (nSPS) is 19.3. The molecule has 0 unspecified atom stereocenters. The van der Waals surface area contributed by atoms with Crippen molar-refractivity contribution in [3.8, 4) is 0 Å². The summed E-state index contributed by atoms with van der Waals surface area (Å²) in [4.78, 5) is 4.05. The molecule has 1 N–H and O–H groups in total. The van der Waals surface area contributed by atoms with Crippen LogP contribution in [0.15, 0.2) is 48.8 Å². The second-order valence-corrected chi connectivity index (χ2v) is 7.55. The predicted octanol–water partition coefficient (Wildman–Crippen LogP) is 5.64. The molecular weight excluding hydrogens is 387 g/mol. The van der Waals surface area contributed by atoms with E-state index in [0.29, 0.717) is 24.1 Å². The molecule has 152 valence electrons. The number of benzene rings is 2. The molecule has 0 radical (unpaired) electrons. The monoisotopic (exact) mass is 406 g/mol. The Morgan fingerprint density at radius 2 is 1.76 bits per heavy atom. The maximum absolute atomic E-state index is 14.2. The summed E-state index contributed by atoms with van der Waals surface area (Å²) in [5.41, 5.74) is -0.151. The average molecular weight is 406 g/mol. The van der Waals surface area contributed by atoms with Gasteiger partial charge in [-0.05, 0) is 66.5 Å². The Kier molecular flexibility index (Phi) is 5.25. The highest BCUT2D eigenvalue weighted by Gasteiger charge is 2.35. The van der Waals surface area contributed by atoms with Gasteiger partial charge in [0.05, 0.1) is 5.56 Å². The highest BCUT2D eigenvalue weighted by molar-refractivity contribution is 5.84. The topological polar surface area (TPSA) is 24.9 Å². The Bertz CT molecular complexity index is 1030. The van der Waals surface area contributed by atoms with Crippen LogP contribution in [0, 0.1) is 17.6 Å². The van der Waals surface area contributed by atoms with Crippen LogP contribution in [-0.4, -0.2) is 11.0 Å². The number of alkyl halides is 3. The smallest absolute Gasteiger partial charge is 0.310 e. The molecule has 0 bridgehead atoms. The number of aromatic nitrogens is 1. The number of nitrogens with zero attached hydrogens (tertiary/aromatic N) is 1. The summed E-state index contributed by atoms with van der Waals surface area (Å²) < 4.78 is 66.2. The Labute approximate surface area is 164 Å². The molecule has 0 aliphatic heterocycles. The van der Waals surface area contributed by atoms with Crippen molar-refractivity contribution in [2.24, 2.45) is 5.92 Å². The molecule has 29 heavy (non-hydrogen) atoms. The summed E-state index contributed by atoms with van der Waals surface area (Å²) in [5, 5.41) is 5.01. The summed E-state index contributed by atoms with van der Waals surface area (Å²) in [6.07, 6.45) is 0.662. The minimum absolute atomic E-state index is 0.180. The van der Waals surface area contributed by atoms with Gasteiger partial charge in [0, 0.05) is 35.9 Å². The van der Waals surface area contributed by atoms with E-state index in [0.717, 1.165) is 35.7 Å². The summed E-state index contributed by atoms with van der Waals surface area (Å²) in [6.45, 7) is 0.374. The Balaban J connectivity index is 1.34. The van der Waals surface area contributed by atoms with E-state index in [2.05, 4.69) is 10.3 Å². The standard InChI is InChI=1S/C22H19F5N2/c23-20-4-2-15-11-28-6-5-17(15)18(20)12-29-16-8-14(9-16)7-13-1-3-21(24)19(10-13)22(25,26)27/h1-6,10-11,14,16,29H,7-9,12H2. The molecule has 1 aromatic heterocycles. The zero-order chi connectivity index (χ0) is 20.6. The molecule has 1 aliphatic rings. The number of halogens is 5. The van der Waals surface area contributed by atoms with Crippen molar-refractivity contribution in [1.82, 2.24) is 10.3 Å². The van der Waals surface area contributed by atoms with Crippen molar-refractivity contribution < 1.29 is 22.0 Å². The molecule has 2 aromatic carbocycles. The maximum Gasteiger partial charge on any atom is 0.419 e. The number of rotatable bonds is 5. The van der Waals surface area contributed by atoms with Crippen LogP contribution in [0.1, 0.15) is 29.5 Å². The van der Waals surface area contributed by atoms with Gasteiger partial charge in [0.2, 0.25) is 0 Å². The van der Waals surface area contributed by atoms with Gasteiger partial charge in [-0.3, -0.25) is 4.98 Å². The zero-order valence-electron chi connectivity index (χ0n) is 15.4. The van der Waals surface area contributed by atoms with E-state index in [-0.39, 0.29) is 17.8 Å². The predicted molar refractivity (Wildman–Crippen MR) is 100 cm³/mol. The fourth-order valence-corrected chi connectivity index (χ4v) is 3.95. The van der Waals surface area contributed by atoms with E-state index < -0.39 is 17.6 Å². The zero-order valence-corrected chi connectivity index (χ0v) is 15.4. The molecule has 1 saturated carbocycles. The van der Waals surface area contributed by atoms with E-state index in [9.17, 15) is 22.0 Å². The third-order valence-corrected chi connectivity index (χ3v) is 5.54. The quantitative estimate of drug-likeness (QED) is 0.555. The molecule has 0 spiro atoms. The molecule has 7 heteroatoms. The van der Waals surface area contributed by atoms with Crippen molar-refractivity contribution in [2.75, 3.05) is 0 Å². The lowest BCUT2D eigenvalue weighted by Gasteiger charge is -2.36. The molecule has 1 heterocycles. The van der Waals surface area contributed by atoms with Crippen LogP contribution in [0.4, 0.5) is 22.0 Å². The van der Waals surface area contributed by atoms with Gasteiger partial charge < -0.3 is 5.32 Å². The lowest BCUT2D eigenvalue weighted by Crippen LogP contribution is -2.41. The van der Waals surface area contributed by atoms with Crippen molar-refractivity contribution in [3.63, 3.8) is 0 Å². The number of pyridine rings is 1. The molecule has 0 saturated heterocycles. The highest BCUT2D eigenvalue weighted by atomic mass is 19.4. The minimum atomic E-state index is -4.69. The van der Waals surface area contributed by atoms with Crippen LogP contribution in [0.2, 0.25) is 0 Å². The van der Waals surface area contributed by atoms with E-state index >= 15 is 0 Å². The van der Waals surface area contributed by atoms with Gasteiger partial charge in [0.25, 0.3) is 0 Å². The van der Waals surface area contributed by atoms with Gasteiger partial charge in [0.15, 0.2) is 0 Å². The maximum atomic E-state index is 14.2. The summed E-state index contributed by atoms with van der Waals surface area (Å²) in [6, 6.07) is 8.27. The third-order valence-electron chi connectivity index (χ3n) is 5.54. The molecule has 2 nitrogen and oxygen atoms in total. The minimum Gasteiger partial charge on any atom is -0.310 e. The third kappa shape index (κ3) is 4.24. The second-order valence-electron chi connectivity index (χ2n) is 7.55. The van der Waals surface area contributed by atoms with Crippen LogP contribution in [0.5, 0.6) is 0 Å². The Morgan fingerprint density at radius 3 is 2.52 bits per heavy atom. The molecule has 0 amide bonds. The Morgan fingerprint density at radius 1 is 1.00 bits per heavy atom. The van der Waals surface area contributed by atoms with Crippen LogP contribution in [0.25, 0.3) is 10.8 Å². The average Bonchev–Trinajstić information content (AvgIpc) is 2.65. The first-order valence-electron chi connectivity index (χ1n) is 9.41. The lowest BCUT2D eigenvalue weighted by atomic mass is 9.76. The van der Waals surface area contributed by atoms with Gasteiger partial charge in [0.1, 0.15) is 11.6 Å². The molecular formula is C22H19F5N2. The van der Waals surface area contributed by atoms with E-state index in [1.54, 1.807) is 24.5 Å². The van der Waals surface area contributed by atoms with Crippen LogP contribution in [-0.2, 0) is 19.1 Å². The van der Waals surface area contributed by atoms with Crippen molar-refractivity contribution in [1.29, 1.82) is 0 Å². The summed E-state index contributed by atoms with van der Waals surface area (Å²) >= 11 is 0. The Hall–Kier alpha value is -2.54. The lowest BCUT2D eigenvalue weighted by molar-refractivity contribution is -0.140. The van der Waals surface area contributed by atoms with Gasteiger partial charge in [-0.1, -0.05) is 6.07 Å².